The van der Waals surface area contributed by atoms with E-state index in [1.165, 1.54) is 19.2 Å². The summed E-state index contributed by atoms with van der Waals surface area (Å²) in [5.41, 5.74) is 1.96. The summed E-state index contributed by atoms with van der Waals surface area (Å²) in [6.45, 7) is 2.21. The average Bonchev–Trinajstić information content (AvgIpc) is 2.69. The van der Waals surface area contributed by atoms with E-state index < -0.39 is 11.4 Å². The van der Waals surface area contributed by atoms with Gasteiger partial charge < -0.3 is 19.4 Å². The van der Waals surface area contributed by atoms with Crippen molar-refractivity contribution >= 4 is 29.2 Å². The predicted molar refractivity (Wildman–Crippen MR) is 111 cm³/mol. The van der Waals surface area contributed by atoms with Gasteiger partial charge in [0.15, 0.2) is 0 Å². The van der Waals surface area contributed by atoms with Gasteiger partial charge in [0.05, 0.1) is 37.4 Å². The van der Waals surface area contributed by atoms with Crippen LogP contribution in [0.2, 0.25) is 5.02 Å². The normalized spacial score (nSPS) is 16.5. The van der Waals surface area contributed by atoms with Crippen LogP contribution >= 0.6 is 23.2 Å². The van der Waals surface area contributed by atoms with Gasteiger partial charge in [-0.3, -0.25) is 4.79 Å². The van der Waals surface area contributed by atoms with Crippen LogP contribution in [0.4, 0.5) is 10.3 Å². The molecule has 1 atom stereocenters. The van der Waals surface area contributed by atoms with E-state index in [0.29, 0.717) is 24.7 Å². The van der Waals surface area contributed by atoms with Crippen molar-refractivity contribution in [2.24, 2.45) is 0 Å². The molecule has 0 saturated heterocycles. The number of aromatic nitrogens is 2. The highest BCUT2D eigenvalue weighted by Crippen LogP contribution is 2.29. The molecule has 3 rings (SSSR count). The molecule has 154 valence electrons. The van der Waals surface area contributed by atoms with Gasteiger partial charge in [-0.2, -0.15) is 4.98 Å². The first kappa shape index (κ1) is 21.2. The monoisotopic (exact) mass is 439 g/mol. The van der Waals surface area contributed by atoms with Crippen molar-refractivity contribution in [3.05, 3.63) is 74.3 Å². The van der Waals surface area contributed by atoms with Gasteiger partial charge in [0.2, 0.25) is 11.7 Å². The fourth-order valence-corrected chi connectivity index (χ4v) is 3.48. The fraction of sp³-hybridized carbons (Fsp3) is 0.300. The molecule has 0 radical (unpaired) electrons. The van der Waals surface area contributed by atoms with E-state index in [2.05, 4.69) is 10.3 Å². The zero-order chi connectivity index (χ0) is 21.1. The molecular weight excluding hydrogens is 420 g/mol. The second kappa shape index (κ2) is 8.88. The van der Waals surface area contributed by atoms with Gasteiger partial charge in [0.1, 0.15) is 11.6 Å². The molecular formula is C20H20Cl2FN3O3. The van der Waals surface area contributed by atoms with E-state index >= 15 is 0 Å². The van der Waals surface area contributed by atoms with Crippen molar-refractivity contribution in [1.29, 1.82) is 0 Å². The number of halogens is 3. The summed E-state index contributed by atoms with van der Waals surface area (Å²) >= 11 is 12.3. The number of nitrogens with zero attached hydrogens (tertiary/aromatic N) is 2. The lowest BCUT2D eigenvalue weighted by Gasteiger charge is -2.24. The number of alkyl halides is 1. The van der Waals surface area contributed by atoms with Gasteiger partial charge in [-0.25, -0.2) is 4.39 Å². The zero-order valence-corrected chi connectivity index (χ0v) is 17.6. The standard InChI is InChI=1S/C20H20Cl2FN3O3/c1-11-6-17(28-2)14(22)8-16(11)24-20-25-19(27)18(29-3)10-26(20)9-12-4-5-15(23)13(21)7-12/h4-7,10,14H,8-9H2,1-3H3,(H,24,25,27). The lowest BCUT2D eigenvalue weighted by atomic mass is 10.0. The largest absolute Gasteiger partial charge is 0.500 e. The quantitative estimate of drug-likeness (QED) is 0.678. The third-order valence-corrected chi connectivity index (χ3v) is 5.20. The number of nitrogens with one attached hydrogen (secondary N) is 1. The Hall–Kier alpha value is -2.51. The maximum Gasteiger partial charge on any atom is 0.316 e. The van der Waals surface area contributed by atoms with E-state index in [0.717, 1.165) is 16.8 Å². The van der Waals surface area contributed by atoms with Crippen LogP contribution < -0.4 is 15.6 Å². The molecule has 0 saturated carbocycles. The van der Waals surface area contributed by atoms with Gasteiger partial charge in [-0.1, -0.05) is 17.7 Å². The first-order valence-corrected chi connectivity index (χ1v) is 9.59. The third kappa shape index (κ3) is 4.74. The van der Waals surface area contributed by atoms with Gasteiger partial charge in [0, 0.05) is 12.1 Å². The molecule has 1 aromatic heterocycles. The molecule has 1 aromatic carbocycles. The molecule has 9 heteroatoms. The molecule has 1 N–H and O–H groups in total. The number of ether oxygens (including phenoxy) is 2. The Morgan fingerprint density at radius 3 is 2.76 bits per heavy atom. The smallest absolute Gasteiger partial charge is 0.316 e. The summed E-state index contributed by atoms with van der Waals surface area (Å²) in [4.78, 5) is 16.3. The van der Waals surface area contributed by atoms with Crippen LogP contribution in [0.1, 0.15) is 18.9 Å². The van der Waals surface area contributed by atoms with E-state index in [1.807, 2.05) is 13.0 Å². The van der Waals surface area contributed by atoms with Crippen LogP contribution in [0.5, 0.6) is 5.75 Å². The van der Waals surface area contributed by atoms with Crippen LogP contribution in [-0.4, -0.2) is 29.1 Å². The topological polar surface area (TPSA) is 65.4 Å². The van der Waals surface area contributed by atoms with Crippen molar-refractivity contribution < 1.29 is 13.9 Å². The molecule has 29 heavy (non-hydrogen) atoms. The lowest BCUT2D eigenvalue weighted by Crippen LogP contribution is -2.23. The van der Waals surface area contributed by atoms with E-state index in [9.17, 15) is 9.18 Å². The minimum Gasteiger partial charge on any atom is -0.500 e. The van der Waals surface area contributed by atoms with Crippen LogP contribution in [0.15, 0.2) is 52.3 Å². The summed E-state index contributed by atoms with van der Waals surface area (Å²) in [7, 11) is 2.97. The Bertz CT molecular complexity index is 1050. The molecule has 1 heterocycles. The second-order valence-electron chi connectivity index (χ2n) is 6.52. The number of benzene rings is 1. The van der Waals surface area contributed by atoms with Crippen molar-refractivity contribution in [2.75, 3.05) is 19.5 Å². The fourth-order valence-electron chi connectivity index (χ4n) is 2.97. The third-order valence-electron chi connectivity index (χ3n) is 4.55. The number of anilines is 1. The minimum absolute atomic E-state index is 0.0195. The molecule has 2 aromatic rings. The SMILES string of the molecule is COC1=CC(C)=C(Nc2nc(=O)c(OC)cn2Cc2ccc(F)c(Cl)c2)CC1Cl. The van der Waals surface area contributed by atoms with Crippen LogP contribution in [0.25, 0.3) is 0 Å². The lowest BCUT2D eigenvalue weighted by molar-refractivity contribution is 0.277. The minimum atomic E-state index is -0.506. The highest BCUT2D eigenvalue weighted by Gasteiger charge is 2.22. The number of hydrogen-bond donors (Lipinski definition) is 1. The molecule has 0 fully saturated rings. The maximum atomic E-state index is 13.5. The van der Waals surface area contributed by atoms with Crippen molar-refractivity contribution in [3.63, 3.8) is 0 Å². The molecule has 0 amide bonds. The van der Waals surface area contributed by atoms with Crippen molar-refractivity contribution in [2.45, 2.75) is 25.3 Å². The number of methoxy groups -OCH3 is 2. The Kier molecular flexibility index (Phi) is 6.49. The van der Waals surface area contributed by atoms with Gasteiger partial charge in [-0.05, 0) is 36.3 Å². The Balaban J connectivity index is 1.99. The van der Waals surface area contributed by atoms with Crippen LogP contribution in [-0.2, 0) is 11.3 Å². The molecule has 1 aliphatic carbocycles. The Labute approximate surface area is 177 Å². The Morgan fingerprint density at radius 2 is 2.10 bits per heavy atom. The first-order chi connectivity index (χ1) is 13.8. The maximum absolute atomic E-state index is 13.5. The molecule has 0 aliphatic heterocycles. The number of hydrogen-bond acceptors (Lipinski definition) is 5. The summed E-state index contributed by atoms with van der Waals surface area (Å²) in [6, 6.07) is 4.43. The summed E-state index contributed by atoms with van der Waals surface area (Å²) < 4.78 is 25.6. The molecule has 0 spiro atoms. The molecule has 0 bridgehead atoms. The average molecular weight is 440 g/mol. The predicted octanol–water partition coefficient (Wildman–Crippen LogP) is 4.32. The van der Waals surface area contributed by atoms with E-state index in [1.54, 1.807) is 23.9 Å². The highest BCUT2D eigenvalue weighted by molar-refractivity contribution is 6.30. The summed E-state index contributed by atoms with van der Waals surface area (Å²) in [5.74, 6) is 0.579. The van der Waals surface area contributed by atoms with Crippen LogP contribution in [0.3, 0.4) is 0 Å². The highest BCUT2D eigenvalue weighted by atomic mass is 35.5. The van der Waals surface area contributed by atoms with Gasteiger partial charge in [-0.15, -0.1) is 11.6 Å². The number of allylic oxidation sites excluding steroid dienone is 4. The van der Waals surface area contributed by atoms with Gasteiger partial charge in [0.25, 0.3) is 0 Å². The van der Waals surface area contributed by atoms with Crippen LogP contribution in [0, 0.1) is 5.82 Å². The first-order valence-electron chi connectivity index (χ1n) is 8.78. The summed E-state index contributed by atoms with van der Waals surface area (Å²) in [6.07, 6.45) is 3.87. The molecule has 6 nitrogen and oxygen atoms in total. The number of rotatable bonds is 6. The zero-order valence-electron chi connectivity index (χ0n) is 16.1. The molecule has 1 unspecified atom stereocenters. The van der Waals surface area contributed by atoms with Crippen molar-refractivity contribution in [1.82, 2.24) is 9.55 Å². The van der Waals surface area contributed by atoms with E-state index in [-0.39, 0.29) is 16.1 Å². The van der Waals surface area contributed by atoms with E-state index in [4.69, 9.17) is 32.7 Å². The Morgan fingerprint density at radius 1 is 1.34 bits per heavy atom. The molecule has 1 aliphatic rings. The van der Waals surface area contributed by atoms with Gasteiger partial charge >= 0.3 is 5.56 Å². The summed E-state index contributed by atoms with van der Waals surface area (Å²) in [5, 5.41) is 2.88. The van der Waals surface area contributed by atoms with Crippen molar-refractivity contribution in [3.8, 4) is 5.75 Å². The second-order valence-corrected chi connectivity index (χ2v) is 7.46.